The largest absolute Gasteiger partial charge is 0.342 e. The Morgan fingerprint density at radius 3 is 2.45 bits per heavy atom. The highest BCUT2D eigenvalue weighted by molar-refractivity contribution is 7.92. The van der Waals surface area contributed by atoms with E-state index in [1.54, 1.807) is 4.90 Å². The molecule has 8 heteroatoms. The summed E-state index contributed by atoms with van der Waals surface area (Å²) in [4.78, 5) is 18.3. The van der Waals surface area contributed by atoms with Crippen LogP contribution in [0.5, 0.6) is 0 Å². The van der Waals surface area contributed by atoms with Crippen molar-refractivity contribution < 1.29 is 13.2 Å². The van der Waals surface area contributed by atoms with Crippen molar-refractivity contribution in [3.8, 4) is 0 Å². The molecule has 1 unspecified atom stereocenters. The molecule has 2 aliphatic rings. The van der Waals surface area contributed by atoms with E-state index >= 15 is 0 Å². The van der Waals surface area contributed by atoms with Crippen molar-refractivity contribution in [3.05, 3.63) is 5.82 Å². The van der Waals surface area contributed by atoms with Gasteiger partial charge in [-0.05, 0) is 32.6 Å². The maximum Gasteiger partial charge on any atom is 0.267 e. The zero-order chi connectivity index (χ0) is 15.7. The lowest BCUT2D eigenvalue weighted by Crippen LogP contribution is -2.42. The Labute approximate surface area is 130 Å². The quantitative estimate of drug-likeness (QED) is 0.898. The summed E-state index contributed by atoms with van der Waals surface area (Å²) in [5.74, 6) is 0.584. The average molecular weight is 326 g/mol. The first kappa shape index (κ1) is 15.5. The van der Waals surface area contributed by atoms with Crippen molar-refractivity contribution in [2.45, 2.75) is 61.8 Å². The van der Waals surface area contributed by atoms with Crippen LogP contribution in [0.2, 0.25) is 0 Å². The summed E-state index contributed by atoms with van der Waals surface area (Å²) in [5.41, 5.74) is 0. The number of nitrogens with one attached hydrogen (secondary N) is 1. The molecule has 1 aromatic heterocycles. The fraction of sp³-hybridized carbons (Fsp3) is 0.786. The summed E-state index contributed by atoms with van der Waals surface area (Å²) < 4.78 is 25.1. The molecule has 1 amide bonds. The number of amides is 1. The summed E-state index contributed by atoms with van der Waals surface area (Å²) in [6.45, 7) is 2.72. The molecule has 22 heavy (non-hydrogen) atoms. The van der Waals surface area contributed by atoms with Gasteiger partial charge in [-0.15, -0.1) is 5.10 Å². The zero-order valence-corrected chi connectivity index (χ0v) is 13.6. The van der Waals surface area contributed by atoms with E-state index in [1.165, 1.54) is 6.92 Å². The first-order valence-electron chi connectivity index (χ1n) is 7.95. The van der Waals surface area contributed by atoms with Gasteiger partial charge < -0.3 is 4.90 Å². The predicted molar refractivity (Wildman–Crippen MR) is 80.1 cm³/mol. The number of aromatic nitrogens is 3. The van der Waals surface area contributed by atoms with Crippen LogP contribution >= 0.6 is 0 Å². The van der Waals surface area contributed by atoms with E-state index in [0.717, 1.165) is 38.5 Å². The topological polar surface area (TPSA) is 96.0 Å². The van der Waals surface area contributed by atoms with Crippen molar-refractivity contribution in [1.82, 2.24) is 20.1 Å². The number of carbonyl (C=O) groups excluding carboxylic acids is 1. The molecule has 0 spiro atoms. The van der Waals surface area contributed by atoms with Crippen LogP contribution in [0.4, 0.5) is 0 Å². The maximum atomic E-state index is 12.6. The van der Waals surface area contributed by atoms with Crippen LogP contribution in [0.1, 0.15) is 57.2 Å². The van der Waals surface area contributed by atoms with Gasteiger partial charge in [0, 0.05) is 19.0 Å². The van der Waals surface area contributed by atoms with Gasteiger partial charge in [-0.25, -0.2) is 13.4 Å². The second kappa shape index (κ2) is 5.98. The Bertz CT molecular complexity index is 643. The molecule has 1 saturated heterocycles. The molecule has 0 radical (unpaired) electrons. The number of carbonyl (C=O) groups is 1. The van der Waals surface area contributed by atoms with E-state index in [0.29, 0.717) is 24.8 Å². The third-order valence-electron chi connectivity index (χ3n) is 4.43. The van der Waals surface area contributed by atoms with Gasteiger partial charge in [0.2, 0.25) is 15.7 Å². The third kappa shape index (κ3) is 3.02. The number of H-pyrrole nitrogens is 1. The first-order valence-corrected chi connectivity index (χ1v) is 9.50. The van der Waals surface area contributed by atoms with Gasteiger partial charge in [0.05, 0.1) is 0 Å². The molecule has 7 nitrogen and oxygen atoms in total. The number of hydrogen-bond acceptors (Lipinski definition) is 5. The molecule has 2 fully saturated rings. The number of rotatable bonds is 4. The second-order valence-corrected chi connectivity index (χ2v) is 8.37. The van der Waals surface area contributed by atoms with Crippen molar-refractivity contribution in [2.24, 2.45) is 0 Å². The van der Waals surface area contributed by atoms with Crippen LogP contribution in [0.15, 0.2) is 5.16 Å². The Morgan fingerprint density at radius 2 is 1.86 bits per heavy atom. The van der Waals surface area contributed by atoms with Crippen molar-refractivity contribution in [1.29, 1.82) is 0 Å². The Balaban J connectivity index is 1.75. The third-order valence-corrected chi connectivity index (χ3v) is 6.26. The summed E-state index contributed by atoms with van der Waals surface area (Å²) in [6, 6.07) is 0. The molecule has 1 saturated carbocycles. The lowest BCUT2D eigenvalue weighted by Gasteiger charge is -2.23. The van der Waals surface area contributed by atoms with Crippen LogP contribution < -0.4 is 0 Å². The van der Waals surface area contributed by atoms with Gasteiger partial charge in [0.25, 0.3) is 5.16 Å². The van der Waals surface area contributed by atoms with Crippen LogP contribution in [-0.4, -0.2) is 52.7 Å². The van der Waals surface area contributed by atoms with Gasteiger partial charge in [-0.2, -0.15) is 0 Å². The second-order valence-electron chi connectivity index (χ2n) is 6.20. The molecule has 122 valence electrons. The minimum Gasteiger partial charge on any atom is -0.342 e. The highest BCUT2D eigenvalue weighted by Gasteiger charge is 2.37. The normalized spacial score (nSPS) is 21.4. The lowest BCUT2D eigenvalue weighted by atomic mass is 10.2. The molecule has 1 aliphatic heterocycles. The summed E-state index contributed by atoms with van der Waals surface area (Å²) in [5, 5.41) is 5.14. The Morgan fingerprint density at radius 1 is 1.23 bits per heavy atom. The number of likely N-dealkylation sites (tertiary alicyclic amines) is 1. The summed E-state index contributed by atoms with van der Waals surface area (Å²) in [6.07, 6.45) is 6.08. The molecule has 3 rings (SSSR count). The number of aromatic amines is 1. The monoisotopic (exact) mass is 326 g/mol. The molecule has 0 bridgehead atoms. The minimum absolute atomic E-state index is 0.245. The van der Waals surface area contributed by atoms with Crippen LogP contribution in [0.3, 0.4) is 0 Å². The van der Waals surface area contributed by atoms with E-state index in [9.17, 15) is 13.2 Å². The Kier molecular flexibility index (Phi) is 4.20. The van der Waals surface area contributed by atoms with Gasteiger partial charge in [-0.3, -0.25) is 9.89 Å². The van der Waals surface area contributed by atoms with E-state index < -0.39 is 15.1 Å². The average Bonchev–Trinajstić information content (AvgIpc) is 3.29. The standard InChI is InChI=1S/C14H22N4O3S/c1-10(13(19)18-8-4-2-3-5-9-18)22(20,21)14-15-12(16-17-14)11-6-7-11/h10-11H,2-9H2,1H3,(H,15,16,17). The SMILES string of the molecule is CC(C(=O)N1CCCCCC1)S(=O)(=O)c1n[nH]c(C2CC2)n1. The molecule has 1 N–H and O–H groups in total. The zero-order valence-electron chi connectivity index (χ0n) is 12.8. The fourth-order valence-corrected chi connectivity index (χ4v) is 3.89. The van der Waals surface area contributed by atoms with E-state index in [1.807, 2.05) is 0 Å². The molecule has 1 aliphatic carbocycles. The minimum atomic E-state index is -3.83. The van der Waals surface area contributed by atoms with E-state index in [2.05, 4.69) is 15.2 Å². The van der Waals surface area contributed by atoms with Crippen LogP contribution in [-0.2, 0) is 14.6 Å². The van der Waals surface area contributed by atoms with Crippen molar-refractivity contribution >= 4 is 15.7 Å². The predicted octanol–water partition coefficient (Wildman–Crippen LogP) is 1.25. The highest BCUT2D eigenvalue weighted by Crippen LogP contribution is 2.38. The van der Waals surface area contributed by atoms with Gasteiger partial charge in [0.1, 0.15) is 11.1 Å². The molecular weight excluding hydrogens is 304 g/mol. The highest BCUT2D eigenvalue weighted by atomic mass is 32.2. The van der Waals surface area contributed by atoms with Crippen LogP contribution in [0.25, 0.3) is 0 Å². The van der Waals surface area contributed by atoms with Gasteiger partial charge in [-0.1, -0.05) is 12.8 Å². The van der Waals surface area contributed by atoms with Crippen molar-refractivity contribution in [3.63, 3.8) is 0 Å². The van der Waals surface area contributed by atoms with E-state index in [4.69, 9.17) is 0 Å². The molecule has 2 heterocycles. The first-order chi connectivity index (χ1) is 10.5. The van der Waals surface area contributed by atoms with Gasteiger partial charge in [0.15, 0.2) is 0 Å². The number of nitrogens with zero attached hydrogens (tertiary/aromatic N) is 3. The molecule has 1 atom stereocenters. The number of sulfone groups is 1. The van der Waals surface area contributed by atoms with Gasteiger partial charge >= 0.3 is 0 Å². The lowest BCUT2D eigenvalue weighted by molar-refractivity contribution is -0.130. The smallest absolute Gasteiger partial charge is 0.267 e. The maximum absolute atomic E-state index is 12.6. The molecule has 1 aromatic rings. The fourth-order valence-electron chi connectivity index (χ4n) is 2.76. The molecule has 0 aromatic carbocycles. The summed E-state index contributed by atoms with van der Waals surface area (Å²) >= 11 is 0. The molecular formula is C14H22N4O3S. The van der Waals surface area contributed by atoms with E-state index in [-0.39, 0.29) is 11.1 Å². The summed E-state index contributed by atoms with van der Waals surface area (Å²) in [7, 11) is -3.83. The van der Waals surface area contributed by atoms with Crippen molar-refractivity contribution in [2.75, 3.05) is 13.1 Å². The number of hydrogen-bond donors (Lipinski definition) is 1. The van der Waals surface area contributed by atoms with Crippen LogP contribution in [0, 0.1) is 0 Å². The Hall–Kier alpha value is -1.44.